The van der Waals surface area contributed by atoms with Crippen LogP contribution in [0.1, 0.15) is 17.5 Å². The number of fused-ring (bicyclic) bond motifs is 1. The van der Waals surface area contributed by atoms with Gasteiger partial charge in [-0.2, -0.15) is 5.10 Å². The Balaban J connectivity index is 1.71. The summed E-state index contributed by atoms with van der Waals surface area (Å²) in [6, 6.07) is 6.89. The standard InChI is InChI=1S/C24H25N5O3/c1-4-20(30)22(17-7-9-25-14-17)27-24-21-16(8-10-26-23(21)28-29-24)6-5-15-11-18(31-2)13-19(12-15)32-3/h4,8,10-13,17,22,25H,1,7,9,14H2,2-3H3,(H2,26,27,28,29). The number of nitrogens with zero attached hydrogens (tertiary/aromatic N) is 2. The van der Waals surface area contributed by atoms with Gasteiger partial charge in [-0.05, 0) is 37.2 Å². The zero-order valence-corrected chi connectivity index (χ0v) is 18.1. The van der Waals surface area contributed by atoms with Crippen LogP contribution in [-0.4, -0.2) is 54.3 Å². The molecule has 1 aliphatic rings. The number of hydrogen-bond acceptors (Lipinski definition) is 7. The molecule has 0 saturated carbocycles. The van der Waals surface area contributed by atoms with Crippen molar-refractivity contribution in [1.82, 2.24) is 20.5 Å². The topological polar surface area (TPSA) is 101 Å². The summed E-state index contributed by atoms with van der Waals surface area (Å²) < 4.78 is 10.6. The number of ether oxygens (including phenoxy) is 2. The van der Waals surface area contributed by atoms with Crippen LogP contribution < -0.4 is 20.1 Å². The Morgan fingerprint density at radius 3 is 2.72 bits per heavy atom. The van der Waals surface area contributed by atoms with Crippen LogP contribution in [-0.2, 0) is 4.79 Å². The normalized spacial score (nSPS) is 16.1. The fraction of sp³-hybridized carbons (Fsp3) is 0.292. The van der Waals surface area contributed by atoms with Crippen molar-refractivity contribution in [3.63, 3.8) is 0 Å². The summed E-state index contributed by atoms with van der Waals surface area (Å²) in [5.41, 5.74) is 2.08. The lowest BCUT2D eigenvalue weighted by molar-refractivity contribution is -0.116. The number of rotatable bonds is 7. The molecule has 3 heterocycles. The van der Waals surface area contributed by atoms with E-state index in [-0.39, 0.29) is 11.7 Å². The van der Waals surface area contributed by atoms with Crippen LogP contribution in [0.5, 0.6) is 11.5 Å². The quantitative estimate of drug-likeness (QED) is 0.390. The van der Waals surface area contributed by atoms with Gasteiger partial charge >= 0.3 is 0 Å². The number of nitrogens with one attached hydrogen (secondary N) is 3. The van der Waals surface area contributed by atoms with Crippen LogP contribution in [0.4, 0.5) is 5.82 Å². The third kappa shape index (κ3) is 4.43. The Kier molecular flexibility index (Phi) is 6.38. The van der Waals surface area contributed by atoms with Crippen molar-refractivity contribution in [2.24, 2.45) is 5.92 Å². The molecule has 0 spiro atoms. The summed E-state index contributed by atoms with van der Waals surface area (Å²) in [5.74, 6) is 8.33. The molecule has 2 aromatic heterocycles. The largest absolute Gasteiger partial charge is 0.497 e. The molecular weight excluding hydrogens is 406 g/mol. The number of aromatic amines is 1. The van der Waals surface area contributed by atoms with E-state index in [9.17, 15) is 4.79 Å². The molecule has 0 radical (unpaired) electrons. The van der Waals surface area contributed by atoms with Crippen molar-refractivity contribution in [1.29, 1.82) is 0 Å². The zero-order valence-electron chi connectivity index (χ0n) is 18.1. The lowest BCUT2D eigenvalue weighted by atomic mass is 9.95. The fourth-order valence-corrected chi connectivity index (χ4v) is 3.84. The highest BCUT2D eigenvalue weighted by Crippen LogP contribution is 2.27. The van der Waals surface area contributed by atoms with Gasteiger partial charge in [-0.25, -0.2) is 4.98 Å². The monoisotopic (exact) mass is 431 g/mol. The van der Waals surface area contributed by atoms with E-state index in [1.54, 1.807) is 26.5 Å². The van der Waals surface area contributed by atoms with Gasteiger partial charge in [0.2, 0.25) is 0 Å². The number of benzene rings is 1. The van der Waals surface area contributed by atoms with Crippen molar-refractivity contribution >= 4 is 22.6 Å². The average molecular weight is 431 g/mol. The van der Waals surface area contributed by atoms with E-state index < -0.39 is 6.04 Å². The summed E-state index contributed by atoms with van der Waals surface area (Å²) in [7, 11) is 3.20. The predicted octanol–water partition coefficient (Wildman–Crippen LogP) is 2.52. The molecule has 2 atom stereocenters. The smallest absolute Gasteiger partial charge is 0.177 e. The summed E-state index contributed by atoms with van der Waals surface area (Å²) in [6.07, 6.45) is 3.94. The van der Waals surface area contributed by atoms with Crippen LogP contribution in [0.25, 0.3) is 11.0 Å². The van der Waals surface area contributed by atoms with Gasteiger partial charge in [-0.1, -0.05) is 18.4 Å². The third-order valence-corrected chi connectivity index (χ3v) is 5.52. The van der Waals surface area contributed by atoms with E-state index in [1.165, 1.54) is 6.08 Å². The number of carbonyl (C=O) groups excluding carboxylic acids is 1. The first-order valence-corrected chi connectivity index (χ1v) is 10.3. The van der Waals surface area contributed by atoms with Gasteiger partial charge in [0.1, 0.15) is 11.5 Å². The number of pyridine rings is 1. The molecule has 1 saturated heterocycles. The Morgan fingerprint density at radius 1 is 1.28 bits per heavy atom. The average Bonchev–Trinajstić information content (AvgIpc) is 3.51. The van der Waals surface area contributed by atoms with Crippen LogP contribution in [0.2, 0.25) is 0 Å². The van der Waals surface area contributed by atoms with Crippen LogP contribution >= 0.6 is 0 Å². The van der Waals surface area contributed by atoms with E-state index in [0.29, 0.717) is 23.0 Å². The minimum atomic E-state index is -0.419. The summed E-state index contributed by atoms with van der Waals surface area (Å²) in [6.45, 7) is 5.31. The van der Waals surface area contributed by atoms with E-state index in [2.05, 4.69) is 44.2 Å². The van der Waals surface area contributed by atoms with Crippen LogP contribution in [0, 0.1) is 17.8 Å². The molecule has 3 N–H and O–H groups in total. The molecule has 32 heavy (non-hydrogen) atoms. The van der Waals surface area contributed by atoms with Crippen molar-refractivity contribution < 1.29 is 14.3 Å². The maximum absolute atomic E-state index is 12.6. The molecule has 3 aromatic rings. The molecule has 8 nitrogen and oxygen atoms in total. The lowest BCUT2D eigenvalue weighted by Crippen LogP contribution is -2.37. The van der Waals surface area contributed by atoms with E-state index in [1.807, 2.05) is 18.2 Å². The first-order valence-electron chi connectivity index (χ1n) is 10.3. The SMILES string of the molecule is C=CC(=O)C(Nc1n[nH]c2nccc(C#Cc3cc(OC)cc(OC)c3)c12)C1CCNC1. The van der Waals surface area contributed by atoms with E-state index >= 15 is 0 Å². The molecule has 0 bridgehead atoms. The first kappa shape index (κ1) is 21.4. The van der Waals surface area contributed by atoms with Gasteiger partial charge < -0.3 is 20.1 Å². The van der Waals surface area contributed by atoms with E-state index in [0.717, 1.165) is 36.0 Å². The van der Waals surface area contributed by atoms with Gasteiger partial charge in [0.05, 0.1) is 25.6 Å². The molecule has 1 fully saturated rings. The molecule has 8 heteroatoms. The highest BCUT2D eigenvalue weighted by molar-refractivity contribution is 5.99. The second kappa shape index (κ2) is 9.54. The van der Waals surface area contributed by atoms with Crippen LogP contribution in [0.15, 0.2) is 43.1 Å². The molecule has 0 amide bonds. The Hall–Kier alpha value is -3.83. The third-order valence-electron chi connectivity index (χ3n) is 5.52. The van der Waals surface area contributed by atoms with Gasteiger partial charge in [-0.15, -0.1) is 0 Å². The van der Waals surface area contributed by atoms with Crippen molar-refractivity contribution in [2.75, 3.05) is 32.6 Å². The molecular formula is C24H25N5O3. The number of ketones is 1. The van der Waals surface area contributed by atoms with Gasteiger partial charge in [0.15, 0.2) is 17.2 Å². The highest BCUT2D eigenvalue weighted by atomic mass is 16.5. The fourth-order valence-electron chi connectivity index (χ4n) is 3.84. The van der Waals surface area contributed by atoms with Crippen molar-refractivity contribution in [3.05, 3.63) is 54.2 Å². The maximum Gasteiger partial charge on any atom is 0.177 e. The summed E-state index contributed by atoms with van der Waals surface area (Å²) in [4.78, 5) is 16.9. The molecule has 4 rings (SSSR count). The highest BCUT2D eigenvalue weighted by Gasteiger charge is 2.30. The number of methoxy groups -OCH3 is 2. The second-order valence-electron chi connectivity index (χ2n) is 7.49. The number of aromatic nitrogens is 3. The van der Waals surface area contributed by atoms with Crippen LogP contribution in [0.3, 0.4) is 0 Å². The first-order chi connectivity index (χ1) is 15.6. The van der Waals surface area contributed by atoms with E-state index in [4.69, 9.17) is 9.47 Å². The Labute approximate surface area is 186 Å². The number of carbonyl (C=O) groups is 1. The predicted molar refractivity (Wildman–Crippen MR) is 123 cm³/mol. The Morgan fingerprint density at radius 2 is 2.06 bits per heavy atom. The van der Waals surface area contributed by atoms with Gasteiger partial charge in [-0.3, -0.25) is 9.89 Å². The minimum absolute atomic E-state index is 0.0603. The summed E-state index contributed by atoms with van der Waals surface area (Å²) >= 11 is 0. The molecule has 2 unspecified atom stereocenters. The maximum atomic E-state index is 12.6. The number of anilines is 1. The van der Waals surface area contributed by atoms with Gasteiger partial charge in [0.25, 0.3) is 0 Å². The Bertz CT molecular complexity index is 1180. The molecule has 0 aliphatic carbocycles. The molecule has 1 aromatic carbocycles. The molecule has 164 valence electrons. The van der Waals surface area contributed by atoms with Crippen molar-refractivity contribution in [3.8, 4) is 23.3 Å². The molecule has 1 aliphatic heterocycles. The second-order valence-corrected chi connectivity index (χ2v) is 7.49. The van der Waals surface area contributed by atoms with Gasteiger partial charge in [0, 0.05) is 35.9 Å². The van der Waals surface area contributed by atoms with Crippen molar-refractivity contribution in [2.45, 2.75) is 12.5 Å². The number of hydrogen-bond donors (Lipinski definition) is 3. The summed E-state index contributed by atoms with van der Waals surface area (Å²) in [5, 5.41) is 14.7. The minimum Gasteiger partial charge on any atom is -0.497 e. The lowest BCUT2D eigenvalue weighted by Gasteiger charge is -2.21. The zero-order chi connectivity index (χ0) is 22.5. The number of H-pyrrole nitrogens is 1.